The molecule has 0 amide bonds. The number of carbonyl (C=O) groups excluding carboxylic acids is 1. The van der Waals surface area contributed by atoms with Crippen molar-refractivity contribution in [1.82, 2.24) is 5.06 Å². The third-order valence-corrected chi connectivity index (χ3v) is 0.761. The van der Waals surface area contributed by atoms with Crippen LogP contribution in [0, 0.1) is 0 Å². The van der Waals surface area contributed by atoms with Crippen LogP contribution in [-0.4, -0.2) is 25.1 Å². The van der Waals surface area contributed by atoms with Gasteiger partial charge in [-0.15, -0.1) is 5.06 Å². The molecular formula is C5H11NO2. The Morgan fingerprint density at radius 1 is 1.75 bits per heavy atom. The Bertz CT molecular complexity index is 65.4. The zero-order chi connectivity index (χ0) is 6.41. The average Bonchev–Trinajstić information content (AvgIpc) is 1.68. The predicted octanol–water partition coefficient (Wildman–Crippen LogP) is 0.416. The Balaban J connectivity index is 3.03. The fraction of sp³-hybridized carbons (Fsp3) is 0.800. The Labute approximate surface area is 49.2 Å². The molecule has 0 bridgehead atoms. The zero-order valence-electron chi connectivity index (χ0n) is 5.26. The molecule has 0 rings (SSSR count). The Morgan fingerprint density at radius 3 is 2.75 bits per heavy atom. The molecule has 0 heterocycles. The van der Waals surface area contributed by atoms with Gasteiger partial charge in [-0.1, -0.05) is 6.92 Å². The average molecular weight is 117 g/mol. The molecule has 0 atom stereocenters. The highest BCUT2D eigenvalue weighted by atomic mass is 16.7. The van der Waals surface area contributed by atoms with E-state index in [-0.39, 0.29) is 0 Å². The molecule has 0 radical (unpaired) electrons. The summed E-state index contributed by atoms with van der Waals surface area (Å²) in [6.07, 6.45) is 0.990. The van der Waals surface area contributed by atoms with Gasteiger partial charge in [-0.25, -0.2) is 0 Å². The Hall–Kier alpha value is -0.570. The minimum absolute atomic E-state index is 0.426. The minimum Gasteiger partial charge on any atom is -0.371 e. The summed E-state index contributed by atoms with van der Waals surface area (Å²) in [7, 11) is 1.72. The van der Waals surface area contributed by atoms with Crippen molar-refractivity contribution in [2.24, 2.45) is 0 Å². The van der Waals surface area contributed by atoms with E-state index >= 15 is 0 Å². The summed E-state index contributed by atoms with van der Waals surface area (Å²) in [6, 6.07) is 0. The lowest BCUT2D eigenvalue weighted by molar-refractivity contribution is -0.166. The molecule has 3 nitrogen and oxygen atoms in total. The number of hydrogen-bond donors (Lipinski definition) is 0. The van der Waals surface area contributed by atoms with Crippen LogP contribution in [0.4, 0.5) is 0 Å². The van der Waals surface area contributed by atoms with Gasteiger partial charge in [-0.2, -0.15) is 0 Å². The quantitative estimate of drug-likeness (QED) is 0.394. The van der Waals surface area contributed by atoms with Crippen LogP contribution in [0.2, 0.25) is 0 Å². The van der Waals surface area contributed by atoms with E-state index in [0.29, 0.717) is 6.47 Å². The Morgan fingerprint density at radius 2 is 2.38 bits per heavy atom. The van der Waals surface area contributed by atoms with Crippen molar-refractivity contribution in [3.8, 4) is 0 Å². The molecule has 0 aliphatic rings. The summed E-state index contributed by atoms with van der Waals surface area (Å²) in [5.41, 5.74) is 0. The molecule has 0 aromatic carbocycles. The van der Waals surface area contributed by atoms with Crippen LogP contribution < -0.4 is 0 Å². The van der Waals surface area contributed by atoms with Crippen LogP contribution in [0.25, 0.3) is 0 Å². The van der Waals surface area contributed by atoms with Gasteiger partial charge in [-0.3, -0.25) is 4.79 Å². The van der Waals surface area contributed by atoms with E-state index < -0.39 is 0 Å². The van der Waals surface area contributed by atoms with Gasteiger partial charge in [0.2, 0.25) is 0 Å². The van der Waals surface area contributed by atoms with E-state index in [9.17, 15) is 4.79 Å². The fourth-order valence-electron chi connectivity index (χ4n) is 0.441. The molecule has 0 unspecified atom stereocenters. The maximum Gasteiger partial charge on any atom is 0.312 e. The molecular weight excluding hydrogens is 106 g/mol. The zero-order valence-corrected chi connectivity index (χ0v) is 5.26. The third kappa shape index (κ3) is 3.61. The predicted molar refractivity (Wildman–Crippen MR) is 30.1 cm³/mol. The second-order valence-electron chi connectivity index (χ2n) is 1.55. The van der Waals surface area contributed by atoms with Crippen LogP contribution in [0.1, 0.15) is 13.3 Å². The van der Waals surface area contributed by atoms with Crippen molar-refractivity contribution in [1.29, 1.82) is 0 Å². The molecule has 0 fully saturated rings. The minimum atomic E-state index is 0.426. The molecule has 0 aliphatic heterocycles. The molecule has 0 aromatic rings. The van der Waals surface area contributed by atoms with Gasteiger partial charge in [0.15, 0.2) is 0 Å². The first-order valence-electron chi connectivity index (χ1n) is 2.62. The maximum atomic E-state index is 9.63. The molecule has 48 valence electrons. The summed E-state index contributed by atoms with van der Waals surface area (Å²) < 4.78 is 0. The lowest BCUT2D eigenvalue weighted by Crippen LogP contribution is -2.18. The number of rotatable bonds is 4. The topological polar surface area (TPSA) is 29.5 Å². The van der Waals surface area contributed by atoms with E-state index in [1.54, 1.807) is 7.05 Å². The molecule has 0 saturated heterocycles. The molecule has 8 heavy (non-hydrogen) atoms. The number of nitrogens with zero attached hydrogens (tertiary/aromatic N) is 1. The molecule has 0 aromatic heterocycles. The molecule has 0 aliphatic carbocycles. The van der Waals surface area contributed by atoms with Crippen molar-refractivity contribution in [2.75, 3.05) is 13.6 Å². The van der Waals surface area contributed by atoms with Gasteiger partial charge in [0.25, 0.3) is 0 Å². The second kappa shape index (κ2) is 4.59. The normalized spacial score (nSPS) is 9.38. The first kappa shape index (κ1) is 7.43. The summed E-state index contributed by atoms with van der Waals surface area (Å²) in [5.74, 6) is 0. The smallest absolute Gasteiger partial charge is 0.312 e. The first-order chi connectivity index (χ1) is 3.81. The molecule has 0 saturated carbocycles. The summed E-state index contributed by atoms with van der Waals surface area (Å²) in [6.45, 7) is 3.24. The van der Waals surface area contributed by atoms with Crippen LogP contribution in [0.3, 0.4) is 0 Å². The monoisotopic (exact) mass is 117 g/mol. The van der Waals surface area contributed by atoms with E-state index in [4.69, 9.17) is 0 Å². The number of hydroxylamine groups is 2. The fourth-order valence-corrected chi connectivity index (χ4v) is 0.441. The van der Waals surface area contributed by atoms with E-state index in [1.807, 2.05) is 6.92 Å². The number of hydrogen-bond acceptors (Lipinski definition) is 3. The first-order valence-corrected chi connectivity index (χ1v) is 2.62. The van der Waals surface area contributed by atoms with Gasteiger partial charge in [0.05, 0.1) is 0 Å². The summed E-state index contributed by atoms with van der Waals surface area (Å²) in [4.78, 5) is 14.1. The van der Waals surface area contributed by atoms with Crippen LogP contribution in [0.5, 0.6) is 0 Å². The van der Waals surface area contributed by atoms with Crippen LogP contribution >= 0.6 is 0 Å². The van der Waals surface area contributed by atoms with Gasteiger partial charge >= 0.3 is 6.47 Å². The lowest BCUT2D eigenvalue weighted by Gasteiger charge is -2.09. The van der Waals surface area contributed by atoms with Gasteiger partial charge < -0.3 is 4.84 Å². The van der Waals surface area contributed by atoms with Crippen molar-refractivity contribution < 1.29 is 9.63 Å². The maximum absolute atomic E-state index is 9.63. The van der Waals surface area contributed by atoms with Crippen molar-refractivity contribution >= 4 is 6.47 Å². The van der Waals surface area contributed by atoms with Gasteiger partial charge in [-0.05, 0) is 6.42 Å². The molecule has 0 N–H and O–H groups in total. The van der Waals surface area contributed by atoms with Gasteiger partial charge in [0.1, 0.15) is 0 Å². The molecule has 0 spiro atoms. The van der Waals surface area contributed by atoms with Crippen molar-refractivity contribution in [3.05, 3.63) is 0 Å². The molecule has 3 heteroatoms. The second-order valence-corrected chi connectivity index (χ2v) is 1.55. The van der Waals surface area contributed by atoms with Crippen molar-refractivity contribution in [3.63, 3.8) is 0 Å². The summed E-state index contributed by atoms with van der Waals surface area (Å²) in [5, 5.41) is 1.49. The standard InChI is InChI=1S/C5H11NO2/c1-3-4-6(2)8-5-7/h5H,3-4H2,1-2H3. The van der Waals surface area contributed by atoms with Crippen LogP contribution in [0.15, 0.2) is 0 Å². The van der Waals surface area contributed by atoms with Crippen LogP contribution in [-0.2, 0) is 9.63 Å². The number of carbonyl (C=O) groups is 1. The van der Waals surface area contributed by atoms with E-state index in [1.165, 1.54) is 5.06 Å². The highest BCUT2D eigenvalue weighted by Crippen LogP contribution is 1.83. The highest BCUT2D eigenvalue weighted by molar-refractivity contribution is 5.36. The Kier molecular flexibility index (Phi) is 4.26. The van der Waals surface area contributed by atoms with Gasteiger partial charge in [0, 0.05) is 13.6 Å². The summed E-state index contributed by atoms with van der Waals surface area (Å²) >= 11 is 0. The lowest BCUT2D eigenvalue weighted by atomic mass is 10.5. The van der Waals surface area contributed by atoms with E-state index in [2.05, 4.69) is 4.84 Å². The highest BCUT2D eigenvalue weighted by Gasteiger charge is 1.90. The third-order valence-electron chi connectivity index (χ3n) is 0.761. The van der Waals surface area contributed by atoms with E-state index in [0.717, 1.165) is 13.0 Å². The largest absolute Gasteiger partial charge is 0.371 e. The van der Waals surface area contributed by atoms with Crippen molar-refractivity contribution in [2.45, 2.75) is 13.3 Å². The SMILES string of the molecule is CCCN(C)OC=O.